The Bertz CT molecular complexity index is 582. The van der Waals surface area contributed by atoms with E-state index in [-0.39, 0.29) is 16.4 Å². The van der Waals surface area contributed by atoms with E-state index in [2.05, 4.69) is 20.7 Å². The first-order valence-electron chi connectivity index (χ1n) is 6.34. The molecule has 0 aliphatic carbocycles. The van der Waals surface area contributed by atoms with Crippen molar-refractivity contribution in [3.8, 4) is 0 Å². The van der Waals surface area contributed by atoms with Gasteiger partial charge in [0, 0.05) is 11.0 Å². The average Bonchev–Trinajstić information content (AvgIpc) is 2.39. The third-order valence-corrected chi connectivity index (χ3v) is 5.31. The number of carboxylic acids is 1. The van der Waals surface area contributed by atoms with Crippen LogP contribution in [0.25, 0.3) is 0 Å². The minimum atomic E-state index is -3.68. The molecule has 0 atom stereocenters. The van der Waals surface area contributed by atoms with Crippen molar-refractivity contribution in [2.45, 2.75) is 31.6 Å². The number of halogens is 1. The third-order valence-electron chi connectivity index (χ3n) is 3.20. The number of aromatic carboxylic acids is 1. The van der Waals surface area contributed by atoms with Crippen molar-refractivity contribution < 1.29 is 18.3 Å². The zero-order valence-corrected chi connectivity index (χ0v) is 13.8. The zero-order chi connectivity index (χ0) is 15.3. The van der Waals surface area contributed by atoms with Crippen molar-refractivity contribution in [1.82, 2.24) is 4.72 Å². The Balaban J connectivity index is 2.98. The molecule has 0 spiro atoms. The molecule has 112 valence electrons. The molecule has 0 radical (unpaired) electrons. The normalized spacial score (nSPS) is 11.8. The first-order valence-corrected chi connectivity index (χ1v) is 8.62. The minimum absolute atomic E-state index is 0.0379. The molecule has 20 heavy (non-hydrogen) atoms. The summed E-state index contributed by atoms with van der Waals surface area (Å²) in [5.74, 6) is -0.895. The predicted octanol–water partition coefficient (Wildman–Crippen LogP) is 2.86. The van der Waals surface area contributed by atoms with Crippen LogP contribution in [0.3, 0.4) is 0 Å². The van der Waals surface area contributed by atoms with Gasteiger partial charge in [-0.25, -0.2) is 17.9 Å². The quantitative estimate of drug-likeness (QED) is 0.779. The maximum absolute atomic E-state index is 12.1. The van der Waals surface area contributed by atoms with Gasteiger partial charge in [-0.3, -0.25) is 0 Å². The van der Waals surface area contributed by atoms with E-state index in [4.69, 9.17) is 5.11 Å². The highest BCUT2D eigenvalue weighted by atomic mass is 79.9. The lowest BCUT2D eigenvalue weighted by atomic mass is 10.0. The van der Waals surface area contributed by atoms with Gasteiger partial charge in [-0.1, -0.05) is 26.7 Å². The highest BCUT2D eigenvalue weighted by molar-refractivity contribution is 9.10. The lowest BCUT2D eigenvalue weighted by Gasteiger charge is -2.14. The summed E-state index contributed by atoms with van der Waals surface area (Å²) in [7, 11) is -3.68. The van der Waals surface area contributed by atoms with Crippen LogP contribution in [0, 0.1) is 5.92 Å². The molecule has 0 bridgehead atoms. The highest BCUT2D eigenvalue weighted by Crippen LogP contribution is 2.21. The van der Waals surface area contributed by atoms with E-state index in [1.807, 2.05) is 13.8 Å². The van der Waals surface area contributed by atoms with Gasteiger partial charge in [-0.2, -0.15) is 0 Å². The van der Waals surface area contributed by atoms with E-state index in [0.717, 1.165) is 18.9 Å². The van der Waals surface area contributed by atoms with Crippen molar-refractivity contribution in [2.24, 2.45) is 5.92 Å². The molecule has 7 heteroatoms. The lowest BCUT2D eigenvalue weighted by Crippen LogP contribution is -2.29. The van der Waals surface area contributed by atoms with Crippen LogP contribution in [0.4, 0.5) is 0 Å². The SMILES string of the molecule is CCC(CC)CNS(=O)(=O)c1ccc(Br)c(C(=O)O)c1. The minimum Gasteiger partial charge on any atom is -0.478 e. The van der Waals surface area contributed by atoms with Gasteiger partial charge < -0.3 is 5.11 Å². The molecule has 0 aliphatic heterocycles. The molecule has 0 aromatic heterocycles. The van der Waals surface area contributed by atoms with Crippen LogP contribution in [0.1, 0.15) is 37.0 Å². The molecule has 0 fully saturated rings. The molecule has 0 unspecified atom stereocenters. The number of sulfonamides is 1. The fourth-order valence-corrected chi connectivity index (χ4v) is 3.28. The monoisotopic (exact) mass is 363 g/mol. The highest BCUT2D eigenvalue weighted by Gasteiger charge is 2.19. The van der Waals surface area contributed by atoms with Gasteiger partial charge >= 0.3 is 5.97 Å². The van der Waals surface area contributed by atoms with Crippen LogP contribution < -0.4 is 4.72 Å². The van der Waals surface area contributed by atoms with E-state index < -0.39 is 16.0 Å². The Kier molecular flexibility index (Phi) is 6.16. The molecule has 5 nitrogen and oxygen atoms in total. The molecule has 1 aromatic rings. The number of carboxylic acid groups (broad SMARTS) is 1. The van der Waals surface area contributed by atoms with Gasteiger partial charge in [0.05, 0.1) is 10.5 Å². The molecule has 0 aliphatic rings. The first-order chi connectivity index (χ1) is 9.31. The number of hydrogen-bond acceptors (Lipinski definition) is 3. The molecular formula is C13H18BrNO4S. The topological polar surface area (TPSA) is 83.5 Å². The number of hydrogen-bond donors (Lipinski definition) is 2. The number of nitrogens with one attached hydrogen (secondary N) is 1. The fraction of sp³-hybridized carbons (Fsp3) is 0.462. The molecule has 0 saturated heterocycles. The number of benzene rings is 1. The predicted molar refractivity (Wildman–Crippen MR) is 80.4 cm³/mol. The second kappa shape index (κ2) is 7.19. The second-order valence-electron chi connectivity index (χ2n) is 4.48. The van der Waals surface area contributed by atoms with E-state index in [1.54, 1.807) is 0 Å². The molecule has 2 N–H and O–H groups in total. The summed E-state index contributed by atoms with van der Waals surface area (Å²) in [6.07, 6.45) is 1.78. The zero-order valence-electron chi connectivity index (χ0n) is 11.4. The Morgan fingerprint density at radius 2 is 1.95 bits per heavy atom. The maximum Gasteiger partial charge on any atom is 0.336 e. The van der Waals surface area contributed by atoms with Crippen molar-refractivity contribution >= 4 is 31.9 Å². The van der Waals surface area contributed by atoms with Crippen molar-refractivity contribution in [3.63, 3.8) is 0 Å². The van der Waals surface area contributed by atoms with E-state index in [1.165, 1.54) is 12.1 Å². The summed E-state index contributed by atoms with van der Waals surface area (Å²) >= 11 is 3.09. The smallest absolute Gasteiger partial charge is 0.336 e. The van der Waals surface area contributed by atoms with Crippen LogP contribution in [0.5, 0.6) is 0 Å². The van der Waals surface area contributed by atoms with Gasteiger partial charge in [0.25, 0.3) is 0 Å². The largest absolute Gasteiger partial charge is 0.478 e. The molecule has 0 heterocycles. The summed E-state index contributed by atoms with van der Waals surface area (Å²) in [5.41, 5.74) is -0.0737. The summed E-state index contributed by atoms with van der Waals surface area (Å²) in [4.78, 5) is 11.0. The van der Waals surface area contributed by atoms with Gasteiger partial charge in [0.2, 0.25) is 10.0 Å². The van der Waals surface area contributed by atoms with E-state index in [9.17, 15) is 13.2 Å². The van der Waals surface area contributed by atoms with Crippen LogP contribution in [0.15, 0.2) is 27.6 Å². The first kappa shape index (κ1) is 17.1. The lowest BCUT2D eigenvalue weighted by molar-refractivity contribution is 0.0695. The van der Waals surface area contributed by atoms with Gasteiger partial charge in [-0.15, -0.1) is 0 Å². The molecule has 1 aromatic carbocycles. The number of rotatable bonds is 7. The standard InChI is InChI=1S/C13H18BrNO4S/c1-3-9(4-2)8-15-20(18,19)10-5-6-12(14)11(7-10)13(16)17/h5-7,9,15H,3-4,8H2,1-2H3,(H,16,17). The van der Waals surface area contributed by atoms with Crippen molar-refractivity contribution in [3.05, 3.63) is 28.2 Å². The maximum atomic E-state index is 12.1. The summed E-state index contributed by atoms with van der Waals surface area (Å²) in [6.45, 7) is 4.36. The Labute approximate surface area is 127 Å². The summed E-state index contributed by atoms with van der Waals surface area (Å²) in [6, 6.07) is 3.96. The second-order valence-corrected chi connectivity index (χ2v) is 7.10. The van der Waals surface area contributed by atoms with Crippen LogP contribution in [-0.4, -0.2) is 26.0 Å². The van der Waals surface area contributed by atoms with Gasteiger partial charge in [0.15, 0.2) is 0 Å². The summed E-state index contributed by atoms with van der Waals surface area (Å²) in [5, 5.41) is 9.00. The molecular weight excluding hydrogens is 346 g/mol. The molecule has 0 saturated carbocycles. The Morgan fingerprint density at radius 3 is 2.45 bits per heavy atom. The van der Waals surface area contributed by atoms with Crippen molar-refractivity contribution in [2.75, 3.05) is 6.54 Å². The molecule has 1 rings (SSSR count). The van der Waals surface area contributed by atoms with Gasteiger partial charge in [0.1, 0.15) is 0 Å². The van der Waals surface area contributed by atoms with Crippen LogP contribution in [-0.2, 0) is 10.0 Å². The summed E-state index contributed by atoms with van der Waals surface area (Å²) < 4.78 is 27.1. The van der Waals surface area contributed by atoms with Crippen LogP contribution in [0.2, 0.25) is 0 Å². The van der Waals surface area contributed by atoms with Crippen LogP contribution >= 0.6 is 15.9 Å². The third kappa shape index (κ3) is 4.29. The number of carbonyl (C=O) groups is 1. The van der Waals surface area contributed by atoms with Crippen molar-refractivity contribution in [1.29, 1.82) is 0 Å². The fourth-order valence-electron chi connectivity index (χ4n) is 1.72. The Morgan fingerprint density at radius 1 is 1.35 bits per heavy atom. The van der Waals surface area contributed by atoms with E-state index >= 15 is 0 Å². The van der Waals surface area contributed by atoms with E-state index in [0.29, 0.717) is 11.0 Å². The average molecular weight is 364 g/mol. The molecule has 0 amide bonds. The van der Waals surface area contributed by atoms with Gasteiger partial charge in [-0.05, 0) is 40.0 Å². The Hall–Kier alpha value is -0.920.